The average Bonchev–Trinajstić information content (AvgIpc) is 2.80. The van der Waals surface area contributed by atoms with Crippen molar-refractivity contribution >= 4 is 29.2 Å². The second-order valence-electron chi connectivity index (χ2n) is 2.92. The molecule has 0 amide bonds. The molecule has 2 rings (SSSR count). The van der Waals surface area contributed by atoms with Gasteiger partial charge < -0.3 is 0 Å². The average molecular weight is 272 g/mol. The maximum absolute atomic E-state index is 13.4. The highest BCUT2D eigenvalue weighted by molar-refractivity contribution is 8.00. The first kappa shape index (κ1) is 12.1. The van der Waals surface area contributed by atoms with E-state index in [-0.39, 0.29) is 11.0 Å². The molecule has 0 unspecified atom stereocenters. The summed E-state index contributed by atoms with van der Waals surface area (Å²) in [4.78, 5) is 11.8. The number of halogens is 1. The van der Waals surface area contributed by atoms with E-state index < -0.39 is 5.82 Å². The number of aryl methyl sites for hydroxylation is 1. The molecule has 0 aliphatic carbocycles. The van der Waals surface area contributed by atoms with E-state index in [2.05, 4.69) is 24.8 Å². The molecule has 0 aliphatic rings. The van der Waals surface area contributed by atoms with E-state index in [1.165, 1.54) is 11.5 Å². The molecule has 0 saturated carbocycles. The first-order valence-corrected chi connectivity index (χ1v) is 6.31. The molecule has 9 heteroatoms. The third-order valence-electron chi connectivity index (χ3n) is 1.79. The lowest BCUT2D eigenvalue weighted by Crippen LogP contribution is -2.11. The highest BCUT2D eigenvalue weighted by Crippen LogP contribution is 2.29. The van der Waals surface area contributed by atoms with Gasteiger partial charge in [-0.2, -0.15) is 4.37 Å². The quantitative estimate of drug-likeness (QED) is 0.495. The van der Waals surface area contributed by atoms with Crippen molar-refractivity contribution < 1.29 is 4.39 Å². The molecule has 17 heavy (non-hydrogen) atoms. The van der Waals surface area contributed by atoms with Crippen LogP contribution in [0.3, 0.4) is 0 Å². The van der Waals surface area contributed by atoms with E-state index in [1.807, 2.05) is 6.92 Å². The Kier molecular flexibility index (Phi) is 3.82. The van der Waals surface area contributed by atoms with Crippen LogP contribution in [-0.4, -0.2) is 19.3 Å². The zero-order valence-corrected chi connectivity index (χ0v) is 10.5. The highest BCUT2D eigenvalue weighted by atomic mass is 32.2. The summed E-state index contributed by atoms with van der Waals surface area (Å²) in [5, 5.41) is 0.173. The van der Waals surface area contributed by atoms with Gasteiger partial charge in [-0.3, -0.25) is 5.43 Å². The summed E-state index contributed by atoms with van der Waals surface area (Å²) >= 11 is 2.32. The Morgan fingerprint density at radius 3 is 3.00 bits per heavy atom. The van der Waals surface area contributed by atoms with Crippen LogP contribution in [-0.2, 0) is 6.42 Å². The molecule has 2 aromatic rings. The molecule has 0 atom stereocenters. The number of rotatable bonds is 4. The number of aromatic nitrogens is 4. The SMILES string of the molecule is CCc1nsc(Sc2nc(NN)ncc2F)n1. The van der Waals surface area contributed by atoms with Crippen molar-refractivity contribution in [2.24, 2.45) is 5.84 Å². The molecule has 0 fully saturated rings. The minimum absolute atomic E-state index is 0.161. The van der Waals surface area contributed by atoms with Crippen LogP contribution in [0.4, 0.5) is 10.3 Å². The number of nitrogen functional groups attached to an aromatic ring is 1. The summed E-state index contributed by atoms with van der Waals surface area (Å²) in [5.41, 5.74) is 2.26. The van der Waals surface area contributed by atoms with Gasteiger partial charge in [-0.15, -0.1) is 0 Å². The van der Waals surface area contributed by atoms with Gasteiger partial charge in [0.05, 0.1) is 6.20 Å². The van der Waals surface area contributed by atoms with E-state index >= 15 is 0 Å². The molecule has 0 aromatic carbocycles. The summed E-state index contributed by atoms with van der Waals surface area (Å²) in [6.45, 7) is 1.96. The van der Waals surface area contributed by atoms with Gasteiger partial charge in [-0.1, -0.05) is 6.92 Å². The standard InChI is InChI=1S/C8H9FN6S2/c1-2-5-12-8(17-15-5)16-6-4(9)3-11-7(13-6)14-10/h3H,2,10H2,1H3,(H,11,13,14). The lowest BCUT2D eigenvalue weighted by molar-refractivity contribution is 0.580. The molecular formula is C8H9FN6S2. The zero-order chi connectivity index (χ0) is 12.3. The number of nitrogens with two attached hydrogens (primary N) is 1. The molecule has 0 bridgehead atoms. The van der Waals surface area contributed by atoms with Gasteiger partial charge in [0.25, 0.3) is 0 Å². The normalized spacial score (nSPS) is 10.5. The van der Waals surface area contributed by atoms with Crippen molar-refractivity contribution in [2.45, 2.75) is 22.7 Å². The molecule has 2 heterocycles. The number of hydrogen-bond donors (Lipinski definition) is 2. The minimum Gasteiger partial charge on any atom is -0.292 e. The van der Waals surface area contributed by atoms with Crippen molar-refractivity contribution in [1.29, 1.82) is 0 Å². The Morgan fingerprint density at radius 2 is 2.35 bits per heavy atom. The maximum atomic E-state index is 13.4. The third kappa shape index (κ3) is 2.87. The zero-order valence-electron chi connectivity index (χ0n) is 8.85. The predicted octanol–water partition coefficient (Wildman–Crippen LogP) is 1.47. The monoisotopic (exact) mass is 272 g/mol. The van der Waals surface area contributed by atoms with Gasteiger partial charge in [0, 0.05) is 6.42 Å². The van der Waals surface area contributed by atoms with Crippen LogP contribution in [0, 0.1) is 5.82 Å². The molecular weight excluding hydrogens is 263 g/mol. The largest absolute Gasteiger partial charge is 0.292 e. The van der Waals surface area contributed by atoms with Crippen LogP contribution < -0.4 is 11.3 Å². The van der Waals surface area contributed by atoms with E-state index in [4.69, 9.17) is 5.84 Å². The van der Waals surface area contributed by atoms with Crippen molar-refractivity contribution in [1.82, 2.24) is 19.3 Å². The molecule has 0 radical (unpaired) electrons. The lowest BCUT2D eigenvalue weighted by Gasteiger charge is -2.01. The molecule has 90 valence electrons. The minimum atomic E-state index is -0.512. The van der Waals surface area contributed by atoms with Crippen LogP contribution >= 0.6 is 23.3 Å². The smallest absolute Gasteiger partial charge is 0.238 e. The topological polar surface area (TPSA) is 89.6 Å². The van der Waals surface area contributed by atoms with Gasteiger partial charge in [-0.05, 0) is 23.3 Å². The third-order valence-corrected chi connectivity index (χ3v) is 3.56. The van der Waals surface area contributed by atoms with Crippen LogP contribution in [0.1, 0.15) is 12.7 Å². The Balaban J connectivity index is 2.22. The lowest BCUT2D eigenvalue weighted by atomic mass is 10.5. The summed E-state index contributed by atoms with van der Waals surface area (Å²) in [7, 11) is 0. The van der Waals surface area contributed by atoms with Gasteiger partial charge in [0.15, 0.2) is 10.2 Å². The van der Waals surface area contributed by atoms with Crippen molar-refractivity contribution in [3.8, 4) is 0 Å². The number of hydrogen-bond acceptors (Lipinski definition) is 8. The fraction of sp³-hybridized carbons (Fsp3) is 0.250. The second kappa shape index (κ2) is 5.34. The van der Waals surface area contributed by atoms with E-state index in [9.17, 15) is 4.39 Å². The van der Waals surface area contributed by atoms with Gasteiger partial charge >= 0.3 is 0 Å². The molecule has 0 saturated heterocycles. The number of anilines is 1. The van der Waals surface area contributed by atoms with Crippen LogP contribution in [0.2, 0.25) is 0 Å². The van der Waals surface area contributed by atoms with E-state index in [1.54, 1.807) is 0 Å². The second-order valence-corrected chi connectivity index (χ2v) is 4.91. The van der Waals surface area contributed by atoms with E-state index in [0.29, 0.717) is 4.34 Å². The summed E-state index contributed by atoms with van der Waals surface area (Å²) in [6.07, 6.45) is 1.81. The van der Waals surface area contributed by atoms with Crippen molar-refractivity contribution in [2.75, 3.05) is 5.43 Å². The van der Waals surface area contributed by atoms with Crippen molar-refractivity contribution in [3.63, 3.8) is 0 Å². The predicted molar refractivity (Wildman–Crippen MR) is 63.2 cm³/mol. The Hall–Kier alpha value is -1.32. The number of hydrazine groups is 1. The highest BCUT2D eigenvalue weighted by Gasteiger charge is 2.11. The number of nitrogens with zero attached hydrogens (tertiary/aromatic N) is 4. The molecule has 0 spiro atoms. The van der Waals surface area contributed by atoms with Crippen LogP contribution in [0.15, 0.2) is 15.6 Å². The maximum Gasteiger partial charge on any atom is 0.238 e. The summed E-state index contributed by atoms with van der Waals surface area (Å²) in [6, 6.07) is 0. The molecule has 0 aliphatic heterocycles. The molecule has 2 aromatic heterocycles. The fourth-order valence-electron chi connectivity index (χ4n) is 0.998. The van der Waals surface area contributed by atoms with E-state index in [0.717, 1.165) is 30.2 Å². The van der Waals surface area contributed by atoms with Gasteiger partial charge in [0.1, 0.15) is 10.9 Å². The van der Waals surface area contributed by atoms with Gasteiger partial charge in [0.2, 0.25) is 5.95 Å². The first-order valence-electron chi connectivity index (χ1n) is 4.72. The van der Waals surface area contributed by atoms with Crippen LogP contribution in [0.5, 0.6) is 0 Å². The van der Waals surface area contributed by atoms with Crippen molar-refractivity contribution in [3.05, 3.63) is 17.8 Å². The fourth-order valence-corrected chi connectivity index (χ4v) is 2.59. The Labute approximate surface area is 105 Å². The Bertz CT molecular complexity index is 516. The molecule has 6 nitrogen and oxygen atoms in total. The van der Waals surface area contributed by atoms with Gasteiger partial charge in [-0.25, -0.2) is 25.2 Å². The summed E-state index contributed by atoms with van der Waals surface area (Å²) < 4.78 is 18.2. The summed E-state index contributed by atoms with van der Waals surface area (Å²) in [5.74, 6) is 5.55. The molecule has 3 N–H and O–H groups in total. The van der Waals surface area contributed by atoms with Crippen LogP contribution in [0.25, 0.3) is 0 Å². The Morgan fingerprint density at radius 1 is 1.53 bits per heavy atom. The first-order chi connectivity index (χ1) is 8.22. The number of nitrogens with one attached hydrogen (secondary N) is 1.